The molecule has 1 aliphatic heterocycles. The molecule has 2 aliphatic rings. The smallest absolute Gasteiger partial charge is 0.0623 e. The molecule has 3 rings (SSSR count). The van der Waals surface area contributed by atoms with Gasteiger partial charge in [-0.1, -0.05) is 36.8 Å². The van der Waals surface area contributed by atoms with Gasteiger partial charge < -0.3 is 15.4 Å². The van der Waals surface area contributed by atoms with Crippen molar-refractivity contribution in [1.29, 1.82) is 0 Å². The van der Waals surface area contributed by atoms with Crippen LogP contribution in [0.4, 0.5) is 0 Å². The minimum absolute atomic E-state index is 0.546. The average molecular weight is 260 g/mol. The number of hydrogen-bond acceptors (Lipinski definition) is 3. The van der Waals surface area contributed by atoms with Crippen LogP contribution in [-0.2, 0) is 11.3 Å². The predicted octanol–water partition coefficient (Wildman–Crippen LogP) is 1.93. The molecule has 3 unspecified atom stereocenters. The van der Waals surface area contributed by atoms with Crippen LogP contribution in [0.15, 0.2) is 30.3 Å². The number of rotatable bonds is 4. The van der Waals surface area contributed by atoms with Crippen LogP contribution in [-0.4, -0.2) is 31.8 Å². The molecular weight excluding hydrogens is 236 g/mol. The summed E-state index contributed by atoms with van der Waals surface area (Å²) in [7, 11) is 0. The van der Waals surface area contributed by atoms with Gasteiger partial charge in [-0.25, -0.2) is 0 Å². The fourth-order valence-corrected chi connectivity index (χ4v) is 3.43. The Bertz CT molecular complexity index is 376. The fraction of sp³-hybridized carbons (Fsp3) is 0.625. The van der Waals surface area contributed by atoms with Gasteiger partial charge in [0.1, 0.15) is 0 Å². The second-order valence-electron chi connectivity index (χ2n) is 5.70. The second kappa shape index (κ2) is 6.51. The number of hydrogen-bond donors (Lipinski definition) is 2. The van der Waals surface area contributed by atoms with Gasteiger partial charge >= 0.3 is 0 Å². The minimum Gasteiger partial charge on any atom is -0.379 e. The van der Waals surface area contributed by atoms with Crippen molar-refractivity contribution in [3.63, 3.8) is 0 Å². The van der Waals surface area contributed by atoms with Gasteiger partial charge in [-0.15, -0.1) is 0 Å². The topological polar surface area (TPSA) is 33.3 Å². The van der Waals surface area contributed by atoms with E-state index < -0.39 is 0 Å². The number of nitrogens with one attached hydrogen (secondary N) is 2. The SMILES string of the molecule is c1ccc(CNC2CCCC2C2COCCN2)cc1. The second-order valence-corrected chi connectivity index (χ2v) is 5.70. The van der Waals surface area contributed by atoms with Crippen LogP contribution in [0.1, 0.15) is 24.8 Å². The Hall–Kier alpha value is -0.900. The van der Waals surface area contributed by atoms with Crippen LogP contribution in [0.25, 0.3) is 0 Å². The molecule has 3 nitrogen and oxygen atoms in total. The Morgan fingerprint density at radius 3 is 2.89 bits per heavy atom. The Morgan fingerprint density at radius 1 is 1.21 bits per heavy atom. The largest absolute Gasteiger partial charge is 0.379 e. The summed E-state index contributed by atoms with van der Waals surface area (Å²) in [6.45, 7) is 3.74. The molecule has 1 aromatic carbocycles. The van der Waals surface area contributed by atoms with E-state index in [1.807, 2.05) is 0 Å². The third kappa shape index (κ3) is 3.35. The van der Waals surface area contributed by atoms with E-state index in [9.17, 15) is 0 Å². The first-order valence-electron chi connectivity index (χ1n) is 7.52. The molecule has 0 radical (unpaired) electrons. The van der Waals surface area contributed by atoms with Gasteiger partial charge in [0.05, 0.1) is 13.2 Å². The molecule has 3 heteroatoms. The highest BCUT2D eigenvalue weighted by molar-refractivity contribution is 5.14. The van der Waals surface area contributed by atoms with E-state index in [-0.39, 0.29) is 0 Å². The summed E-state index contributed by atoms with van der Waals surface area (Å²) in [5.41, 5.74) is 1.38. The first-order chi connectivity index (χ1) is 9.43. The van der Waals surface area contributed by atoms with E-state index in [1.54, 1.807) is 0 Å². The van der Waals surface area contributed by atoms with E-state index >= 15 is 0 Å². The van der Waals surface area contributed by atoms with Crippen LogP contribution in [0.3, 0.4) is 0 Å². The molecule has 19 heavy (non-hydrogen) atoms. The molecule has 1 aliphatic carbocycles. The van der Waals surface area contributed by atoms with Gasteiger partial charge in [0.25, 0.3) is 0 Å². The van der Waals surface area contributed by atoms with Crippen molar-refractivity contribution in [2.75, 3.05) is 19.8 Å². The minimum atomic E-state index is 0.546. The molecule has 1 aromatic rings. The monoisotopic (exact) mass is 260 g/mol. The quantitative estimate of drug-likeness (QED) is 0.868. The molecular formula is C16H24N2O. The van der Waals surface area contributed by atoms with Crippen molar-refractivity contribution < 1.29 is 4.74 Å². The van der Waals surface area contributed by atoms with E-state index in [1.165, 1.54) is 24.8 Å². The van der Waals surface area contributed by atoms with Crippen molar-refractivity contribution in [1.82, 2.24) is 10.6 Å². The Morgan fingerprint density at radius 2 is 2.11 bits per heavy atom. The summed E-state index contributed by atoms with van der Waals surface area (Å²) in [6, 6.07) is 11.9. The molecule has 104 valence electrons. The molecule has 0 aromatic heterocycles. The summed E-state index contributed by atoms with van der Waals surface area (Å²) in [4.78, 5) is 0. The lowest BCUT2D eigenvalue weighted by molar-refractivity contribution is 0.0524. The van der Waals surface area contributed by atoms with Crippen LogP contribution in [0, 0.1) is 5.92 Å². The molecule has 2 N–H and O–H groups in total. The summed E-state index contributed by atoms with van der Waals surface area (Å²) in [6.07, 6.45) is 3.97. The van der Waals surface area contributed by atoms with Gasteiger partial charge in [-0.3, -0.25) is 0 Å². The van der Waals surface area contributed by atoms with Crippen molar-refractivity contribution in [2.24, 2.45) is 5.92 Å². The van der Waals surface area contributed by atoms with Gasteiger partial charge in [-0.2, -0.15) is 0 Å². The van der Waals surface area contributed by atoms with E-state index in [4.69, 9.17) is 4.74 Å². The van der Waals surface area contributed by atoms with Crippen molar-refractivity contribution in [3.8, 4) is 0 Å². The maximum atomic E-state index is 5.62. The highest BCUT2D eigenvalue weighted by Crippen LogP contribution is 2.29. The lowest BCUT2D eigenvalue weighted by atomic mass is 9.94. The molecule has 1 saturated heterocycles. The first-order valence-corrected chi connectivity index (χ1v) is 7.52. The van der Waals surface area contributed by atoms with Gasteiger partial charge in [0.2, 0.25) is 0 Å². The maximum Gasteiger partial charge on any atom is 0.0623 e. The summed E-state index contributed by atoms with van der Waals surface area (Å²) < 4.78 is 5.62. The van der Waals surface area contributed by atoms with Gasteiger partial charge in [0, 0.05) is 25.2 Å². The number of ether oxygens (including phenoxy) is 1. The van der Waals surface area contributed by atoms with E-state index in [2.05, 4.69) is 41.0 Å². The first kappa shape index (κ1) is 13.1. The number of morpholine rings is 1. The van der Waals surface area contributed by atoms with Crippen molar-refractivity contribution in [2.45, 2.75) is 37.9 Å². The molecule has 0 amide bonds. The summed E-state index contributed by atoms with van der Waals surface area (Å²) in [5.74, 6) is 0.726. The zero-order chi connectivity index (χ0) is 12.9. The molecule has 0 bridgehead atoms. The molecule has 2 fully saturated rings. The lowest BCUT2D eigenvalue weighted by Crippen LogP contribution is -2.50. The standard InChI is InChI=1S/C16H24N2O/c1-2-5-13(6-3-1)11-18-15-8-4-7-14(15)16-12-19-10-9-17-16/h1-3,5-6,14-18H,4,7-12H2. The normalized spacial score (nSPS) is 31.5. The molecule has 0 spiro atoms. The predicted molar refractivity (Wildman–Crippen MR) is 77.0 cm³/mol. The Balaban J connectivity index is 1.54. The zero-order valence-electron chi connectivity index (χ0n) is 11.5. The van der Waals surface area contributed by atoms with E-state index in [0.717, 1.165) is 32.2 Å². The summed E-state index contributed by atoms with van der Waals surface area (Å²) >= 11 is 0. The molecule has 3 atom stereocenters. The van der Waals surface area contributed by atoms with Gasteiger partial charge in [-0.05, 0) is 24.3 Å². The van der Waals surface area contributed by atoms with Crippen LogP contribution in [0.5, 0.6) is 0 Å². The Labute approximate surface area is 115 Å². The zero-order valence-corrected chi connectivity index (χ0v) is 11.5. The summed E-state index contributed by atoms with van der Waals surface area (Å²) in [5, 5.41) is 7.37. The van der Waals surface area contributed by atoms with Crippen LogP contribution < -0.4 is 10.6 Å². The maximum absolute atomic E-state index is 5.62. The fourth-order valence-electron chi connectivity index (χ4n) is 3.43. The van der Waals surface area contributed by atoms with Gasteiger partial charge in [0.15, 0.2) is 0 Å². The van der Waals surface area contributed by atoms with Crippen molar-refractivity contribution >= 4 is 0 Å². The highest BCUT2D eigenvalue weighted by Gasteiger charge is 2.34. The van der Waals surface area contributed by atoms with E-state index in [0.29, 0.717) is 12.1 Å². The molecule has 1 heterocycles. The third-order valence-corrected chi connectivity index (χ3v) is 4.45. The molecule has 1 saturated carbocycles. The van der Waals surface area contributed by atoms with Crippen molar-refractivity contribution in [3.05, 3.63) is 35.9 Å². The Kier molecular flexibility index (Phi) is 4.49. The third-order valence-electron chi connectivity index (χ3n) is 4.45. The average Bonchev–Trinajstić information content (AvgIpc) is 2.95. The lowest BCUT2D eigenvalue weighted by Gasteiger charge is -2.33. The highest BCUT2D eigenvalue weighted by atomic mass is 16.5. The number of benzene rings is 1. The van der Waals surface area contributed by atoms with Crippen LogP contribution >= 0.6 is 0 Å². The van der Waals surface area contributed by atoms with Crippen LogP contribution in [0.2, 0.25) is 0 Å².